The minimum atomic E-state index is -0.656. The fraction of sp³-hybridized carbons (Fsp3) is 0.667. The summed E-state index contributed by atoms with van der Waals surface area (Å²) >= 11 is 0. The standard InChI is InChI=1S/C12H20N2O4/c1-3-17-11(15)13-14(12(16)18-4-2)10-8-6-5-7-9-10/h8H,3-7,9H2,1-2H3,(H,13,15). The summed E-state index contributed by atoms with van der Waals surface area (Å²) in [5.41, 5.74) is 3.16. The molecule has 0 saturated carbocycles. The Bertz CT molecular complexity index is 328. The van der Waals surface area contributed by atoms with E-state index in [1.807, 2.05) is 6.08 Å². The van der Waals surface area contributed by atoms with E-state index < -0.39 is 12.2 Å². The molecule has 0 saturated heterocycles. The molecular weight excluding hydrogens is 236 g/mol. The zero-order valence-corrected chi connectivity index (χ0v) is 10.9. The fourth-order valence-electron chi connectivity index (χ4n) is 1.70. The summed E-state index contributed by atoms with van der Waals surface area (Å²) in [6, 6.07) is 0. The van der Waals surface area contributed by atoms with Gasteiger partial charge in [-0.2, -0.15) is 5.01 Å². The molecule has 6 nitrogen and oxygen atoms in total. The Kier molecular flexibility index (Phi) is 6.04. The minimum absolute atomic E-state index is 0.252. The molecule has 1 aliphatic rings. The van der Waals surface area contributed by atoms with Gasteiger partial charge >= 0.3 is 12.2 Å². The van der Waals surface area contributed by atoms with Crippen molar-refractivity contribution in [2.45, 2.75) is 39.5 Å². The van der Waals surface area contributed by atoms with Gasteiger partial charge in [0.05, 0.1) is 13.2 Å². The quantitative estimate of drug-likeness (QED) is 0.788. The second-order valence-corrected chi connectivity index (χ2v) is 3.81. The fourth-order valence-corrected chi connectivity index (χ4v) is 1.70. The van der Waals surface area contributed by atoms with Gasteiger partial charge in [0.25, 0.3) is 0 Å². The van der Waals surface area contributed by atoms with Crippen LogP contribution in [0.3, 0.4) is 0 Å². The highest BCUT2D eigenvalue weighted by atomic mass is 16.6. The number of carbonyl (C=O) groups is 2. The first-order valence-electron chi connectivity index (χ1n) is 6.28. The first-order chi connectivity index (χ1) is 8.69. The van der Waals surface area contributed by atoms with Crippen LogP contribution in [0.2, 0.25) is 0 Å². The average Bonchev–Trinajstić information content (AvgIpc) is 2.37. The van der Waals surface area contributed by atoms with E-state index in [-0.39, 0.29) is 13.2 Å². The van der Waals surface area contributed by atoms with E-state index in [1.54, 1.807) is 13.8 Å². The van der Waals surface area contributed by atoms with Gasteiger partial charge in [-0.15, -0.1) is 0 Å². The molecule has 1 N–H and O–H groups in total. The highest BCUT2D eigenvalue weighted by molar-refractivity contribution is 5.75. The molecule has 18 heavy (non-hydrogen) atoms. The predicted molar refractivity (Wildman–Crippen MR) is 65.6 cm³/mol. The smallest absolute Gasteiger partial charge is 0.433 e. The van der Waals surface area contributed by atoms with E-state index in [0.29, 0.717) is 0 Å². The zero-order valence-electron chi connectivity index (χ0n) is 10.9. The van der Waals surface area contributed by atoms with Crippen molar-refractivity contribution in [1.29, 1.82) is 0 Å². The van der Waals surface area contributed by atoms with Gasteiger partial charge in [0.2, 0.25) is 0 Å². The summed E-state index contributed by atoms with van der Waals surface area (Å²) in [5.74, 6) is 0. The SMILES string of the molecule is CCOC(=O)NN(C(=O)OCC)C1=CCCCC1. The number of nitrogens with zero attached hydrogens (tertiary/aromatic N) is 1. The van der Waals surface area contributed by atoms with Crippen LogP contribution in [0.15, 0.2) is 11.8 Å². The molecule has 0 spiro atoms. The molecule has 102 valence electrons. The van der Waals surface area contributed by atoms with Crippen molar-refractivity contribution in [2.24, 2.45) is 0 Å². The van der Waals surface area contributed by atoms with Crippen molar-refractivity contribution in [3.05, 3.63) is 11.8 Å². The Labute approximate surface area is 107 Å². The molecule has 0 aromatic heterocycles. The Morgan fingerprint density at radius 2 is 2.00 bits per heavy atom. The molecular formula is C12H20N2O4. The number of carbonyl (C=O) groups excluding carboxylic acids is 2. The Morgan fingerprint density at radius 1 is 1.28 bits per heavy atom. The van der Waals surface area contributed by atoms with Crippen molar-refractivity contribution in [3.8, 4) is 0 Å². The zero-order chi connectivity index (χ0) is 13.4. The summed E-state index contributed by atoms with van der Waals surface area (Å²) in [7, 11) is 0. The molecule has 0 bridgehead atoms. The number of hydrogen-bond donors (Lipinski definition) is 1. The van der Waals surface area contributed by atoms with Crippen molar-refractivity contribution in [3.63, 3.8) is 0 Å². The van der Waals surface area contributed by atoms with E-state index in [0.717, 1.165) is 36.4 Å². The number of ether oxygens (including phenoxy) is 2. The van der Waals surface area contributed by atoms with Crippen LogP contribution in [0.5, 0.6) is 0 Å². The van der Waals surface area contributed by atoms with Crippen LogP contribution < -0.4 is 5.43 Å². The van der Waals surface area contributed by atoms with Crippen LogP contribution in [0.4, 0.5) is 9.59 Å². The number of amides is 2. The highest BCUT2D eigenvalue weighted by Gasteiger charge is 2.23. The summed E-state index contributed by atoms with van der Waals surface area (Å²) < 4.78 is 9.68. The Hall–Kier alpha value is -1.72. The number of nitrogens with one attached hydrogen (secondary N) is 1. The molecule has 6 heteroatoms. The van der Waals surface area contributed by atoms with Gasteiger partial charge in [0.15, 0.2) is 0 Å². The van der Waals surface area contributed by atoms with E-state index in [2.05, 4.69) is 5.43 Å². The molecule has 0 aromatic carbocycles. The second-order valence-electron chi connectivity index (χ2n) is 3.81. The number of rotatable bonds is 3. The van der Waals surface area contributed by atoms with Crippen LogP contribution in [0.25, 0.3) is 0 Å². The Morgan fingerprint density at radius 3 is 2.56 bits per heavy atom. The van der Waals surface area contributed by atoms with Gasteiger partial charge in [-0.1, -0.05) is 6.08 Å². The second kappa shape index (κ2) is 7.58. The normalized spacial score (nSPS) is 14.4. The first-order valence-corrected chi connectivity index (χ1v) is 6.28. The lowest BCUT2D eigenvalue weighted by Crippen LogP contribution is -2.46. The number of hydrogen-bond acceptors (Lipinski definition) is 4. The third kappa shape index (κ3) is 4.27. The van der Waals surface area contributed by atoms with Crippen LogP contribution in [0.1, 0.15) is 39.5 Å². The monoisotopic (exact) mass is 256 g/mol. The van der Waals surface area contributed by atoms with Crippen LogP contribution >= 0.6 is 0 Å². The van der Waals surface area contributed by atoms with E-state index in [9.17, 15) is 9.59 Å². The molecule has 0 heterocycles. The maximum atomic E-state index is 11.8. The van der Waals surface area contributed by atoms with Crippen LogP contribution in [-0.2, 0) is 9.47 Å². The van der Waals surface area contributed by atoms with Gasteiger partial charge in [-0.3, -0.25) is 0 Å². The maximum absolute atomic E-state index is 11.8. The lowest BCUT2D eigenvalue weighted by molar-refractivity contribution is 0.0854. The summed E-state index contributed by atoms with van der Waals surface area (Å²) in [5, 5.41) is 1.14. The van der Waals surface area contributed by atoms with E-state index in [4.69, 9.17) is 9.47 Å². The molecule has 0 aliphatic heterocycles. The molecule has 2 amide bonds. The van der Waals surface area contributed by atoms with Gasteiger partial charge in [0.1, 0.15) is 0 Å². The van der Waals surface area contributed by atoms with E-state index in [1.165, 1.54) is 0 Å². The van der Waals surface area contributed by atoms with Crippen LogP contribution in [0, 0.1) is 0 Å². The summed E-state index contributed by atoms with van der Waals surface area (Å²) in [6.07, 6.45) is 4.43. The van der Waals surface area contributed by atoms with Gasteiger partial charge < -0.3 is 9.47 Å². The third-order valence-corrected chi connectivity index (χ3v) is 2.48. The highest BCUT2D eigenvalue weighted by Crippen LogP contribution is 2.20. The summed E-state index contributed by atoms with van der Waals surface area (Å²) in [6.45, 7) is 3.93. The van der Waals surface area contributed by atoms with Crippen molar-refractivity contribution in [2.75, 3.05) is 13.2 Å². The molecule has 1 aliphatic carbocycles. The number of allylic oxidation sites excluding steroid dienone is 2. The molecule has 0 unspecified atom stereocenters. The lowest BCUT2D eigenvalue weighted by Gasteiger charge is -2.26. The van der Waals surface area contributed by atoms with Crippen molar-refractivity contribution < 1.29 is 19.1 Å². The molecule has 0 atom stereocenters. The van der Waals surface area contributed by atoms with Gasteiger partial charge in [-0.05, 0) is 39.5 Å². The topological polar surface area (TPSA) is 67.9 Å². The summed E-state index contributed by atoms with van der Waals surface area (Å²) in [4.78, 5) is 23.2. The van der Waals surface area contributed by atoms with E-state index >= 15 is 0 Å². The molecule has 0 aromatic rings. The molecule has 0 fully saturated rings. The predicted octanol–water partition coefficient (Wildman–Crippen LogP) is 2.56. The van der Waals surface area contributed by atoms with Gasteiger partial charge in [-0.25, -0.2) is 15.0 Å². The molecule has 1 rings (SSSR count). The lowest BCUT2D eigenvalue weighted by atomic mass is 10.0. The minimum Gasteiger partial charge on any atom is -0.449 e. The number of hydrazine groups is 1. The van der Waals surface area contributed by atoms with Crippen molar-refractivity contribution in [1.82, 2.24) is 10.4 Å². The van der Waals surface area contributed by atoms with Crippen LogP contribution in [-0.4, -0.2) is 30.4 Å². The maximum Gasteiger partial charge on any atom is 0.433 e. The third-order valence-electron chi connectivity index (χ3n) is 2.48. The molecule has 0 radical (unpaired) electrons. The first kappa shape index (κ1) is 14.3. The van der Waals surface area contributed by atoms with Crippen molar-refractivity contribution >= 4 is 12.2 Å². The van der Waals surface area contributed by atoms with Gasteiger partial charge in [0, 0.05) is 5.70 Å². The largest absolute Gasteiger partial charge is 0.449 e. The average molecular weight is 256 g/mol. The Balaban J connectivity index is 2.70.